The van der Waals surface area contributed by atoms with Gasteiger partial charge in [0.1, 0.15) is 24.4 Å². The van der Waals surface area contributed by atoms with Gasteiger partial charge in [-0.05, 0) is 39.0 Å². The van der Waals surface area contributed by atoms with E-state index in [4.69, 9.17) is 14.6 Å². The molecule has 2 unspecified atom stereocenters. The molecule has 0 bridgehead atoms. The third-order valence-electron chi connectivity index (χ3n) is 4.91. The number of aliphatic hydroxyl groups excluding tert-OH is 4. The standard InChI is InChI=1S/C16H28O7/c1-9-3-5-10(6-4-9)16(2,21)8-22-15-14(20)13(19)12(18)11(7-17)23-15/h3,10-15,17-21H,4-8H2,1-2H3/t10?,11-,12-,13+,14-,15-,16?/m1/s1. The van der Waals surface area contributed by atoms with Crippen LogP contribution < -0.4 is 0 Å². The third-order valence-corrected chi connectivity index (χ3v) is 4.91. The molecule has 1 heterocycles. The van der Waals surface area contributed by atoms with E-state index in [-0.39, 0.29) is 12.5 Å². The summed E-state index contributed by atoms with van der Waals surface area (Å²) in [7, 11) is 0. The van der Waals surface area contributed by atoms with E-state index in [1.807, 2.05) is 0 Å². The van der Waals surface area contributed by atoms with Crippen molar-refractivity contribution >= 4 is 0 Å². The molecule has 23 heavy (non-hydrogen) atoms. The van der Waals surface area contributed by atoms with Crippen molar-refractivity contribution in [2.24, 2.45) is 5.92 Å². The molecule has 1 aliphatic heterocycles. The van der Waals surface area contributed by atoms with Gasteiger partial charge in [-0.1, -0.05) is 11.6 Å². The SMILES string of the molecule is CC1=CCC(C(C)(O)CO[C@@H]2O[C@H](CO)[C@@H](O)[C@H](O)[C@H]2O)CC1. The van der Waals surface area contributed by atoms with Crippen LogP contribution in [0.15, 0.2) is 11.6 Å². The van der Waals surface area contributed by atoms with Crippen molar-refractivity contribution in [3.8, 4) is 0 Å². The lowest BCUT2D eigenvalue weighted by Gasteiger charge is -2.41. The lowest BCUT2D eigenvalue weighted by Crippen LogP contribution is -2.59. The molecule has 0 aromatic heterocycles. The van der Waals surface area contributed by atoms with Crippen molar-refractivity contribution in [2.45, 2.75) is 69.4 Å². The van der Waals surface area contributed by atoms with Crippen LogP contribution in [0.4, 0.5) is 0 Å². The highest BCUT2D eigenvalue weighted by molar-refractivity contribution is 5.05. The normalized spacial score (nSPS) is 41.3. The van der Waals surface area contributed by atoms with Crippen molar-refractivity contribution in [2.75, 3.05) is 13.2 Å². The molecule has 7 atom stereocenters. The Balaban J connectivity index is 1.93. The Bertz CT molecular complexity index is 421. The van der Waals surface area contributed by atoms with E-state index in [0.29, 0.717) is 0 Å². The molecular formula is C16H28O7. The average molecular weight is 332 g/mol. The predicted molar refractivity (Wildman–Crippen MR) is 81.4 cm³/mol. The zero-order chi connectivity index (χ0) is 17.2. The molecule has 0 aromatic rings. The van der Waals surface area contributed by atoms with Gasteiger partial charge < -0.3 is 35.0 Å². The zero-order valence-electron chi connectivity index (χ0n) is 13.6. The molecule has 0 amide bonds. The van der Waals surface area contributed by atoms with E-state index in [0.717, 1.165) is 19.3 Å². The lowest BCUT2D eigenvalue weighted by molar-refractivity contribution is -0.309. The Hall–Kier alpha value is -0.540. The molecule has 2 rings (SSSR count). The van der Waals surface area contributed by atoms with Gasteiger partial charge in [0, 0.05) is 0 Å². The first-order chi connectivity index (χ1) is 10.8. The topological polar surface area (TPSA) is 120 Å². The second-order valence-electron chi connectivity index (χ2n) is 6.89. The minimum atomic E-state index is -1.48. The maximum Gasteiger partial charge on any atom is 0.186 e. The number of aliphatic hydroxyl groups is 5. The van der Waals surface area contributed by atoms with Crippen molar-refractivity contribution in [3.63, 3.8) is 0 Å². The predicted octanol–water partition coefficient (Wildman–Crippen LogP) is -0.700. The molecule has 1 saturated heterocycles. The van der Waals surface area contributed by atoms with Gasteiger partial charge in [-0.25, -0.2) is 0 Å². The van der Waals surface area contributed by atoms with Crippen LogP contribution in [0.25, 0.3) is 0 Å². The van der Waals surface area contributed by atoms with Crippen molar-refractivity contribution in [1.29, 1.82) is 0 Å². The Morgan fingerprint density at radius 1 is 1.26 bits per heavy atom. The molecule has 1 aliphatic carbocycles. The summed E-state index contributed by atoms with van der Waals surface area (Å²) in [6.07, 6.45) is -1.90. The van der Waals surface area contributed by atoms with E-state index >= 15 is 0 Å². The van der Waals surface area contributed by atoms with Gasteiger partial charge in [-0.3, -0.25) is 0 Å². The first-order valence-electron chi connectivity index (χ1n) is 8.06. The van der Waals surface area contributed by atoms with E-state index in [1.165, 1.54) is 5.57 Å². The van der Waals surface area contributed by atoms with Crippen LogP contribution in [0, 0.1) is 5.92 Å². The number of rotatable bonds is 5. The van der Waals surface area contributed by atoms with Gasteiger partial charge >= 0.3 is 0 Å². The third kappa shape index (κ3) is 4.30. The van der Waals surface area contributed by atoms with Crippen LogP contribution in [0.1, 0.15) is 33.1 Å². The molecular weight excluding hydrogens is 304 g/mol. The Morgan fingerprint density at radius 2 is 1.96 bits per heavy atom. The fourth-order valence-electron chi connectivity index (χ4n) is 3.10. The lowest BCUT2D eigenvalue weighted by atomic mass is 9.79. The van der Waals surface area contributed by atoms with Gasteiger partial charge in [0.2, 0.25) is 0 Å². The fraction of sp³-hybridized carbons (Fsp3) is 0.875. The quantitative estimate of drug-likeness (QED) is 0.422. The largest absolute Gasteiger partial charge is 0.394 e. The molecule has 1 fully saturated rings. The summed E-state index contributed by atoms with van der Waals surface area (Å²) in [5, 5.41) is 49.2. The first-order valence-corrected chi connectivity index (χ1v) is 8.06. The summed E-state index contributed by atoms with van der Waals surface area (Å²) in [5.74, 6) is 0.0380. The van der Waals surface area contributed by atoms with Crippen LogP contribution in [0.2, 0.25) is 0 Å². The van der Waals surface area contributed by atoms with Crippen LogP contribution in [0.5, 0.6) is 0 Å². The number of allylic oxidation sites excluding steroid dienone is 2. The Labute approximate surface area is 136 Å². The first kappa shape index (κ1) is 18.8. The van der Waals surface area contributed by atoms with Gasteiger partial charge in [0.15, 0.2) is 6.29 Å². The summed E-state index contributed by atoms with van der Waals surface area (Å²) in [6, 6.07) is 0. The highest BCUT2D eigenvalue weighted by Crippen LogP contribution is 2.33. The fourth-order valence-corrected chi connectivity index (χ4v) is 3.10. The van der Waals surface area contributed by atoms with Crippen LogP contribution >= 0.6 is 0 Å². The Kier molecular flexibility index (Phi) is 6.18. The molecule has 0 aromatic carbocycles. The zero-order valence-corrected chi connectivity index (χ0v) is 13.6. The average Bonchev–Trinajstić information content (AvgIpc) is 2.52. The van der Waals surface area contributed by atoms with E-state index < -0.39 is 42.9 Å². The summed E-state index contributed by atoms with van der Waals surface area (Å²) < 4.78 is 10.7. The van der Waals surface area contributed by atoms with Gasteiger partial charge in [0.05, 0.1) is 18.8 Å². The monoisotopic (exact) mass is 332 g/mol. The minimum Gasteiger partial charge on any atom is -0.394 e. The van der Waals surface area contributed by atoms with Gasteiger partial charge in [-0.15, -0.1) is 0 Å². The number of ether oxygens (including phenoxy) is 2. The highest BCUT2D eigenvalue weighted by atomic mass is 16.7. The maximum absolute atomic E-state index is 10.6. The van der Waals surface area contributed by atoms with Crippen LogP contribution in [0.3, 0.4) is 0 Å². The number of hydrogen-bond acceptors (Lipinski definition) is 7. The van der Waals surface area contributed by atoms with Crippen LogP contribution in [-0.2, 0) is 9.47 Å². The molecule has 0 radical (unpaired) electrons. The van der Waals surface area contributed by atoms with E-state index in [9.17, 15) is 20.4 Å². The van der Waals surface area contributed by atoms with Gasteiger partial charge in [0.25, 0.3) is 0 Å². The Morgan fingerprint density at radius 3 is 2.52 bits per heavy atom. The molecule has 2 aliphatic rings. The minimum absolute atomic E-state index is 0.0380. The van der Waals surface area contributed by atoms with Crippen molar-refractivity contribution in [1.82, 2.24) is 0 Å². The molecule has 5 N–H and O–H groups in total. The number of hydrogen-bond donors (Lipinski definition) is 5. The molecule has 134 valence electrons. The molecule has 0 saturated carbocycles. The second kappa shape index (κ2) is 7.57. The summed E-state index contributed by atoms with van der Waals surface area (Å²) in [6.45, 7) is 3.16. The van der Waals surface area contributed by atoms with Crippen molar-refractivity contribution in [3.05, 3.63) is 11.6 Å². The van der Waals surface area contributed by atoms with Crippen LogP contribution in [-0.4, -0.2) is 75.1 Å². The summed E-state index contributed by atoms with van der Waals surface area (Å²) in [5.41, 5.74) is 0.211. The van der Waals surface area contributed by atoms with E-state index in [2.05, 4.69) is 13.0 Å². The molecule has 0 spiro atoms. The summed E-state index contributed by atoms with van der Waals surface area (Å²) in [4.78, 5) is 0. The summed E-state index contributed by atoms with van der Waals surface area (Å²) >= 11 is 0. The highest BCUT2D eigenvalue weighted by Gasteiger charge is 2.45. The molecule has 7 heteroatoms. The van der Waals surface area contributed by atoms with E-state index in [1.54, 1.807) is 6.92 Å². The van der Waals surface area contributed by atoms with Crippen molar-refractivity contribution < 1.29 is 35.0 Å². The molecule has 7 nitrogen and oxygen atoms in total. The maximum atomic E-state index is 10.6. The second-order valence-corrected chi connectivity index (χ2v) is 6.89. The smallest absolute Gasteiger partial charge is 0.186 e. The van der Waals surface area contributed by atoms with Gasteiger partial charge in [-0.2, -0.15) is 0 Å².